The molecule has 20 heavy (non-hydrogen) atoms. The molecule has 0 spiro atoms. The van der Waals surface area contributed by atoms with Crippen LogP contribution in [-0.2, 0) is 0 Å². The molecule has 1 aliphatic rings. The van der Waals surface area contributed by atoms with Gasteiger partial charge in [0.2, 0.25) is 0 Å². The molecule has 0 bridgehead atoms. The molecule has 3 rings (SSSR count). The molecular formula is C14H12BrN3O2. The van der Waals surface area contributed by atoms with Crippen molar-refractivity contribution < 1.29 is 9.53 Å². The average molecular weight is 334 g/mol. The van der Waals surface area contributed by atoms with Gasteiger partial charge in [0.1, 0.15) is 17.1 Å². The first-order valence-electron chi connectivity index (χ1n) is 6.24. The van der Waals surface area contributed by atoms with Gasteiger partial charge >= 0.3 is 0 Å². The quantitative estimate of drug-likeness (QED) is 0.917. The molecule has 102 valence electrons. The van der Waals surface area contributed by atoms with Crippen LogP contribution in [0.15, 0.2) is 41.1 Å². The van der Waals surface area contributed by atoms with Crippen LogP contribution in [0.3, 0.4) is 0 Å². The molecular weight excluding hydrogens is 322 g/mol. The van der Waals surface area contributed by atoms with Gasteiger partial charge in [0, 0.05) is 23.3 Å². The number of nitrogens with zero attached hydrogens (tertiary/aromatic N) is 2. The van der Waals surface area contributed by atoms with Crippen LogP contribution in [0.5, 0.6) is 5.75 Å². The molecule has 1 atom stereocenters. The molecule has 0 aliphatic carbocycles. The zero-order chi connectivity index (χ0) is 13.9. The van der Waals surface area contributed by atoms with Crippen molar-refractivity contribution in [3.05, 3.63) is 52.5 Å². The van der Waals surface area contributed by atoms with Gasteiger partial charge in [-0.15, -0.1) is 0 Å². The van der Waals surface area contributed by atoms with E-state index >= 15 is 0 Å². The average Bonchev–Trinajstić information content (AvgIpc) is 2.48. The van der Waals surface area contributed by atoms with Crippen molar-refractivity contribution in [2.45, 2.75) is 12.5 Å². The predicted octanol–water partition coefficient (Wildman–Crippen LogP) is 2.49. The number of carbonyl (C=O) groups is 1. The third-order valence-corrected chi connectivity index (χ3v) is 3.53. The summed E-state index contributed by atoms with van der Waals surface area (Å²) in [6, 6.07) is 7.01. The summed E-state index contributed by atoms with van der Waals surface area (Å²) in [5.41, 5.74) is 1.15. The van der Waals surface area contributed by atoms with Crippen molar-refractivity contribution in [1.82, 2.24) is 15.3 Å². The first-order valence-corrected chi connectivity index (χ1v) is 7.03. The topological polar surface area (TPSA) is 64.1 Å². The number of aromatic nitrogens is 2. The number of nitrogens with one attached hydrogen (secondary N) is 1. The van der Waals surface area contributed by atoms with E-state index in [1.165, 1.54) is 0 Å². The molecule has 1 N–H and O–H groups in total. The van der Waals surface area contributed by atoms with Crippen LogP contribution in [0.1, 0.15) is 28.6 Å². The molecule has 3 heterocycles. The maximum Gasteiger partial charge on any atom is 0.270 e. The second-order valence-corrected chi connectivity index (χ2v) is 5.33. The number of fused-ring (bicyclic) bond motifs is 1. The van der Waals surface area contributed by atoms with Crippen molar-refractivity contribution in [3.8, 4) is 5.75 Å². The number of halogens is 1. The molecule has 1 amide bonds. The Morgan fingerprint density at radius 3 is 3.05 bits per heavy atom. The summed E-state index contributed by atoms with van der Waals surface area (Å²) in [5, 5.41) is 2.95. The Kier molecular flexibility index (Phi) is 3.64. The first-order chi connectivity index (χ1) is 9.74. The maximum atomic E-state index is 12.2. The zero-order valence-electron chi connectivity index (χ0n) is 10.5. The summed E-state index contributed by atoms with van der Waals surface area (Å²) < 4.78 is 6.36. The van der Waals surface area contributed by atoms with E-state index in [1.54, 1.807) is 24.5 Å². The molecule has 2 aromatic heterocycles. The smallest absolute Gasteiger partial charge is 0.270 e. The summed E-state index contributed by atoms with van der Waals surface area (Å²) in [6.45, 7) is 0.567. The second kappa shape index (κ2) is 5.58. The Hall–Kier alpha value is -1.95. The normalized spacial score (nSPS) is 16.9. The van der Waals surface area contributed by atoms with Crippen LogP contribution in [0.2, 0.25) is 0 Å². The van der Waals surface area contributed by atoms with Gasteiger partial charge in [0.25, 0.3) is 5.91 Å². The third-order valence-electron chi connectivity index (χ3n) is 3.06. The highest BCUT2D eigenvalue weighted by atomic mass is 79.9. The number of amides is 1. The van der Waals surface area contributed by atoms with E-state index in [9.17, 15) is 4.79 Å². The first kappa shape index (κ1) is 13.1. The molecule has 0 saturated heterocycles. The van der Waals surface area contributed by atoms with E-state index in [1.807, 2.05) is 12.1 Å². The number of ether oxygens (including phenoxy) is 1. The molecule has 0 radical (unpaired) electrons. The monoisotopic (exact) mass is 333 g/mol. The molecule has 0 aromatic carbocycles. The Morgan fingerprint density at radius 2 is 2.25 bits per heavy atom. The summed E-state index contributed by atoms with van der Waals surface area (Å²) in [7, 11) is 0. The van der Waals surface area contributed by atoms with Crippen molar-refractivity contribution >= 4 is 21.8 Å². The van der Waals surface area contributed by atoms with Crippen LogP contribution in [0.25, 0.3) is 0 Å². The van der Waals surface area contributed by atoms with Gasteiger partial charge in [-0.25, -0.2) is 4.98 Å². The summed E-state index contributed by atoms with van der Waals surface area (Å²) in [4.78, 5) is 20.6. The van der Waals surface area contributed by atoms with Gasteiger partial charge in [0.05, 0.1) is 12.6 Å². The molecule has 1 unspecified atom stereocenters. The van der Waals surface area contributed by atoms with E-state index in [0.717, 1.165) is 15.9 Å². The van der Waals surface area contributed by atoms with Crippen LogP contribution in [0, 0.1) is 0 Å². The molecule has 6 heteroatoms. The Bertz CT molecular complexity index is 631. The van der Waals surface area contributed by atoms with Crippen molar-refractivity contribution in [2.24, 2.45) is 0 Å². The molecule has 5 nitrogen and oxygen atoms in total. The van der Waals surface area contributed by atoms with Gasteiger partial charge in [0.15, 0.2) is 0 Å². The van der Waals surface area contributed by atoms with Crippen LogP contribution in [-0.4, -0.2) is 22.5 Å². The molecule has 1 aliphatic heterocycles. The maximum absolute atomic E-state index is 12.2. The Morgan fingerprint density at radius 1 is 1.35 bits per heavy atom. The molecule has 0 fully saturated rings. The predicted molar refractivity (Wildman–Crippen MR) is 76.5 cm³/mol. The van der Waals surface area contributed by atoms with Gasteiger partial charge in [-0.3, -0.25) is 9.78 Å². The van der Waals surface area contributed by atoms with Crippen molar-refractivity contribution in [2.75, 3.05) is 6.61 Å². The molecule has 0 saturated carbocycles. The highest BCUT2D eigenvalue weighted by molar-refractivity contribution is 9.10. The minimum Gasteiger partial charge on any atom is -0.491 e. The van der Waals surface area contributed by atoms with E-state index in [4.69, 9.17) is 4.74 Å². The van der Waals surface area contributed by atoms with Crippen LogP contribution < -0.4 is 10.1 Å². The SMILES string of the molecule is O=C(NC1CCOc2cccnc21)c1ccc(Br)cn1. The largest absolute Gasteiger partial charge is 0.491 e. The number of hydrogen-bond donors (Lipinski definition) is 1. The standard InChI is InChI=1S/C14H12BrN3O2/c15-9-3-4-11(17-8-9)14(19)18-10-5-7-20-12-2-1-6-16-13(10)12/h1-4,6,8,10H,5,7H2,(H,18,19). The fourth-order valence-corrected chi connectivity index (χ4v) is 2.33. The lowest BCUT2D eigenvalue weighted by molar-refractivity contribution is 0.0918. The highest BCUT2D eigenvalue weighted by Crippen LogP contribution is 2.29. The minimum atomic E-state index is -0.207. The summed E-state index contributed by atoms with van der Waals surface area (Å²) >= 11 is 3.29. The Labute approximate surface area is 124 Å². The van der Waals surface area contributed by atoms with Crippen molar-refractivity contribution in [3.63, 3.8) is 0 Å². The van der Waals surface area contributed by atoms with Gasteiger partial charge in [-0.05, 0) is 40.2 Å². The summed E-state index contributed by atoms with van der Waals surface area (Å²) in [6.07, 6.45) is 4.00. The molecule has 2 aromatic rings. The highest BCUT2D eigenvalue weighted by Gasteiger charge is 2.24. The number of rotatable bonds is 2. The summed E-state index contributed by atoms with van der Waals surface area (Å²) in [5.74, 6) is 0.522. The van der Waals surface area contributed by atoms with E-state index < -0.39 is 0 Å². The van der Waals surface area contributed by atoms with E-state index in [-0.39, 0.29) is 11.9 Å². The van der Waals surface area contributed by atoms with Gasteiger partial charge in [-0.1, -0.05) is 0 Å². The Balaban J connectivity index is 1.79. The fourth-order valence-electron chi connectivity index (χ4n) is 2.09. The number of hydrogen-bond acceptors (Lipinski definition) is 4. The van der Waals surface area contributed by atoms with Crippen LogP contribution >= 0.6 is 15.9 Å². The van der Waals surface area contributed by atoms with Gasteiger partial charge in [-0.2, -0.15) is 0 Å². The lowest BCUT2D eigenvalue weighted by Gasteiger charge is -2.25. The number of pyridine rings is 2. The van der Waals surface area contributed by atoms with E-state index in [2.05, 4.69) is 31.2 Å². The lowest BCUT2D eigenvalue weighted by atomic mass is 10.1. The van der Waals surface area contributed by atoms with Crippen molar-refractivity contribution in [1.29, 1.82) is 0 Å². The fraction of sp³-hybridized carbons (Fsp3) is 0.214. The second-order valence-electron chi connectivity index (χ2n) is 4.41. The van der Waals surface area contributed by atoms with Gasteiger partial charge < -0.3 is 10.1 Å². The minimum absolute atomic E-state index is 0.141. The third kappa shape index (κ3) is 2.65. The number of carbonyl (C=O) groups excluding carboxylic acids is 1. The van der Waals surface area contributed by atoms with E-state index in [0.29, 0.717) is 18.7 Å². The van der Waals surface area contributed by atoms with Crippen LogP contribution in [0.4, 0.5) is 0 Å². The zero-order valence-corrected chi connectivity index (χ0v) is 12.1. The lowest BCUT2D eigenvalue weighted by Crippen LogP contribution is -2.33.